The third kappa shape index (κ3) is 7.24. The quantitative estimate of drug-likeness (QED) is 0.119. The maximum absolute atomic E-state index is 13.5. The van der Waals surface area contributed by atoms with Crippen LogP contribution >= 0.6 is 0 Å². The molecule has 0 spiro atoms. The molecular weight excluding hydrogens is 669 g/mol. The summed E-state index contributed by atoms with van der Waals surface area (Å²) in [4.78, 5) is 2.42. The van der Waals surface area contributed by atoms with Gasteiger partial charge in [0.2, 0.25) is 0 Å². The zero-order chi connectivity index (χ0) is 36.1. The van der Waals surface area contributed by atoms with Crippen LogP contribution in [0.5, 0.6) is 0 Å². The summed E-state index contributed by atoms with van der Waals surface area (Å²) in [6.07, 6.45) is 9.27. The molecule has 0 fully saturated rings. The Morgan fingerprint density at radius 1 is 0.547 bits per heavy atom. The molecule has 7 nitrogen and oxygen atoms in total. The van der Waals surface area contributed by atoms with Crippen LogP contribution in [0.1, 0.15) is 30.9 Å². The number of halogens is 2. The van der Waals surface area contributed by atoms with Crippen molar-refractivity contribution in [3.05, 3.63) is 169 Å². The Kier molecular flexibility index (Phi) is 9.64. The maximum Gasteiger partial charge on any atom is 0.152 e. The largest absolute Gasteiger partial charge is 0.463 e. The normalized spacial score (nSPS) is 11.5. The molecule has 8 rings (SSSR count). The summed E-state index contributed by atoms with van der Waals surface area (Å²) < 4.78 is 42.9. The van der Waals surface area contributed by atoms with Crippen molar-refractivity contribution in [2.24, 2.45) is 0 Å². The van der Waals surface area contributed by atoms with Gasteiger partial charge in [0.15, 0.2) is 11.5 Å². The highest BCUT2D eigenvalue weighted by Gasteiger charge is 2.23. The van der Waals surface area contributed by atoms with Gasteiger partial charge in [0.05, 0.1) is 36.3 Å². The summed E-state index contributed by atoms with van der Waals surface area (Å²) in [5, 5.41) is 9.72. The van der Waals surface area contributed by atoms with E-state index >= 15 is 0 Å². The van der Waals surface area contributed by atoms with E-state index in [-0.39, 0.29) is 11.6 Å². The number of nitrogens with zero attached hydrogens (tertiary/aromatic N) is 5. The van der Waals surface area contributed by atoms with Gasteiger partial charge in [-0.2, -0.15) is 10.2 Å². The molecular formula is C44H37F2N5O2. The third-order valence-electron chi connectivity index (χ3n) is 9.39. The molecule has 0 saturated carbocycles. The lowest BCUT2D eigenvalue weighted by atomic mass is 10.1. The van der Waals surface area contributed by atoms with Crippen molar-refractivity contribution >= 4 is 0 Å². The van der Waals surface area contributed by atoms with Gasteiger partial charge in [0, 0.05) is 24.2 Å². The predicted octanol–water partition coefficient (Wildman–Crippen LogP) is 11.0. The van der Waals surface area contributed by atoms with Crippen molar-refractivity contribution in [3.8, 4) is 56.5 Å². The van der Waals surface area contributed by atoms with Gasteiger partial charge < -0.3 is 8.83 Å². The average molecular weight is 706 g/mol. The van der Waals surface area contributed by atoms with E-state index in [1.54, 1.807) is 36.8 Å². The summed E-state index contributed by atoms with van der Waals surface area (Å²) >= 11 is 0. The van der Waals surface area contributed by atoms with E-state index in [0.717, 1.165) is 87.1 Å². The van der Waals surface area contributed by atoms with Crippen molar-refractivity contribution in [1.29, 1.82) is 0 Å². The lowest BCUT2D eigenvalue weighted by Gasteiger charge is -2.22. The second kappa shape index (κ2) is 15.1. The SMILES string of the molecule is CCCCN(Cc1cnn(-c2ccc(-c3ccc(F)cc3)cc2)c1-c1ccco1)Cc1cnn(-c2ccc(-c3ccc(F)cc3)cc2)c1-c1ccco1. The first-order chi connectivity index (χ1) is 26.0. The van der Waals surface area contributed by atoms with Gasteiger partial charge in [-0.3, -0.25) is 4.90 Å². The van der Waals surface area contributed by atoms with Crippen molar-refractivity contribution in [1.82, 2.24) is 24.5 Å². The summed E-state index contributed by atoms with van der Waals surface area (Å²) in [6.45, 7) is 4.31. The summed E-state index contributed by atoms with van der Waals surface area (Å²) in [5.74, 6) is 0.934. The van der Waals surface area contributed by atoms with E-state index in [9.17, 15) is 8.78 Å². The highest BCUT2D eigenvalue weighted by molar-refractivity contribution is 5.68. The first kappa shape index (κ1) is 33.8. The minimum absolute atomic E-state index is 0.259. The Balaban J connectivity index is 1.10. The molecule has 53 heavy (non-hydrogen) atoms. The van der Waals surface area contributed by atoms with Crippen molar-refractivity contribution in [3.63, 3.8) is 0 Å². The highest BCUT2D eigenvalue weighted by atomic mass is 19.1. The van der Waals surface area contributed by atoms with E-state index in [0.29, 0.717) is 13.1 Å². The molecule has 0 saturated heterocycles. The number of hydrogen-bond acceptors (Lipinski definition) is 5. The van der Waals surface area contributed by atoms with E-state index < -0.39 is 0 Å². The molecule has 4 aromatic heterocycles. The molecule has 0 N–H and O–H groups in total. The average Bonchev–Trinajstić information content (AvgIpc) is 4.03. The molecule has 0 atom stereocenters. The van der Waals surface area contributed by atoms with Crippen LogP contribution in [0, 0.1) is 11.6 Å². The van der Waals surface area contributed by atoms with Crippen LogP contribution in [-0.2, 0) is 13.1 Å². The van der Waals surface area contributed by atoms with Gasteiger partial charge in [0.1, 0.15) is 23.0 Å². The third-order valence-corrected chi connectivity index (χ3v) is 9.39. The zero-order valence-corrected chi connectivity index (χ0v) is 29.2. The Morgan fingerprint density at radius 3 is 1.30 bits per heavy atom. The molecule has 0 aliphatic heterocycles. The number of unbranched alkanes of at least 4 members (excludes halogenated alkanes) is 1. The fraction of sp³-hybridized carbons (Fsp3) is 0.136. The van der Waals surface area contributed by atoms with E-state index in [2.05, 4.69) is 11.8 Å². The molecule has 0 radical (unpaired) electrons. The fourth-order valence-electron chi connectivity index (χ4n) is 6.69. The molecule has 0 aliphatic carbocycles. The lowest BCUT2D eigenvalue weighted by molar-refractivity contribution is 0.253. The van der Waals surface area contributed by atoms with Crippen molar-refractivity contribution < 1.29 is 17.6 Å². The van der Waals surface area contributed by atoms with Crippen molar-refractivity contribution in [2.45, 2.75) is 32.9 Å². The molecule has 8 aromatic rings. The second-order valence-electron chi connectivity index (χ2n) is 13.0. The number of benzene rings is 4. The molecule has 0 unspecified atom stereocenters. The van der Waals surface area contributed by atoms with Crippen LogP contribution in [0.2, 0.25) is 0 Å². The lowest BCUT2D eigenvalue weighted by Crippen LogP contribution is -2.24. The molecule has 4 heterocycles. The van der Waals surface area contributed by atoms with Gasteiger partial charge in [-0.15, -0.1) is 0 Å². The Hall–Kier alpha value is -6.32. The van der Waals surface area contributed by atoms with Gasteiger partial charge in [-0.25, -0.2) is 18.1 Å². The molecule has 0 bridgehead atoms. The van der Waals surface area contributed by atoms with Crippen LogP contribution in [0.15, 0.2) is 155 Å². The monoisotopic (exact) mass is 705 g/mol. The Bertz CT molecular complexity index is 2210. The second-order valence-corrected chi connectivity index (χ2v) is 13.0. The molecule has 264 valence electrons. The minimum Gasteiger partial charge on any atom is -0.463 e. The minimum atomic E-state index is -0.259. The molecule has 4 aromatic carbocycles. The predicted molar refractivity (Wildman–Crippen MR) is 202 cm³/mol. The fourth-order valence-corrected chi connectivity index (χ4v) is 6.69. The Labute approximate surface area is 306 Å². The standard InChI is InChI=1S/C44H37F2N5O2/c1-2-3-24-49(29-35-27-47-50(43(35)41-6-4-25-52-41)39-20-12-33(13-21-39)31-8-16-37(45)17-9-31)30-36-28-48-51(44(36)42-7-5-26-53-42)40-22-14-34(15-23-40)32-10-18-38(46)19-11-32/h4-23,25-28H,2-3,24,29-30H2,1H3. The van der Waals surface area contributed by atoms with Crippen molar-refractivity contribution in [2.75, 3.05) is 6.54 Å². The summed E-state index contributed by atoms with van der Waals surface area (Å²) in [6, 6.07) is 36.9. The Morgan fingerprint density at radius 2 is 0.943 bits per heavy atom. The van der Waals surface area contributed by atoms with Gasteiger partial charge in [0.25, 0.3) is 0 Å². The van der Waals surface area contributed by atoms with Crippen LogP contribution in [0.4, 0.5) is 8.78 Å². The zero-order valence-electron chi connectivity index (χ0n) is 29.2. The molecule has 9 heteroatoms. The molecule has 0 amide bonds. The van der Waals surface area contributed by atoms with Crippen LogP contribution < -0.4 is 0 Å². The topological polar surface area (TPSA) is 65.2 Å². The first-order valence-corrected chi connectivity index (χ1v) is 17.7. The highest BCUT2D eigenvalue weighted by Crippen LogP contribution is 2.33. The maximum atomic E-state index is 13.5. The smallest absolute Gasteiger partial charge is 0.152 e. The van der Waals surface area contributed by atoms with Crippen LogP contribution in [0.25, 0.3) is 56.5 Å². The van der Waals surface area contributed by atoms with Gasteiger partial charge >= 0.3 is 0 Å². The number of rotatable bonds is 13. The van der Waals surface area contributed by atoms with E-state index in [4.69, 9.17) is 19.0 Å². The summed E-state index contributed by atoms with van der Waals surface area (Å²) in [7, 11) is 0. The number of aromatic nitrogens is 4. The van der Waals surface area contributed by atoms with E-state index in [1.807, 2.05) is 94.6 Å². The first-order valence-electron chi connectivity index (χ1n) is 17.7. The van der Waals surface area contributed by atoms with E-state index in [1.165, 1.54) is 24.3 Å². The molecule has 0 aliphatic rings. The summed E-state index contributed by atoms with van der Waals surface area (Å²) in [5.41, 5.74) is 9.46. The van der Waals surface area contributed by atoms with Crippen LogP contribution in [-0.4, -0.2) is 31.0 Å². The van der Waals surface area contributed by atoms with Gasteiger partial charge in [-0.1, -0.05) is 61.9 Å². The number of furan rings is 2. The van der Waals surface area contributed by atoms with Crippen LogP contribution in [0.3, 0.4) is 0 Å². The van der Waals surface area contributed by atoms with Gasteiger partial charge in [-0.05, 0) is 108 Å². The number of hydrogen-bond donors (Lipinski definition) is 0.